The summed E-state index contributed by atoms with van der Waals surface area (Å²) in [5, 5.41) is 3.81. The van der Waals surface area contributed by atoms with E-state index in [9.17, 15) is 0 Å². The molecule has 2 heteroatoms. The molecule has 4 unspecified atom stereocenters. The lowest BCUT2D eigenvalue weighted by Crippen LogP contribution is -2.62. The van der Waals surface area contributed by atoms with Gasteiger partial charge in [0.25, 0.3) is 0 Å². The van der Waals surface area contributed by atoms with E-state index in [0.717, 1.165) is 17.9 Å². The minimum atomic E-state index is 0.684. The molecule has 0 saturated carbocycles. The van der Waals surface area contributed by atoms with Crippen LogP contribution in [0.5, 0.6) is 0 Å². The van der Waals surface area contributed by atoms with E-state index < -0.39 is 0 Å². The third-order valence-electron chi connectivity index (χ3n) is 5.31. The first-order valence-electron chi connectivity index (χ1n) is 9.00. The van der Waals surface area contributed by atoms with E-state index in [1.807, 2.05) is 0 Å². The molecule has 0 spiro atoms. The van der Waals surface area contributed by atoms with Crippen LogP contribution >= 0.6 is 0 Å². The molecule has 1 aliphatic heterocycles. The zero-order chi connectivity index (χ0) is 15.1. The Hall–Kier alpha value is -0.0800. The topological polar surface area (TPSA) is 15.3 Å². The van der Waals surface area contributed by atoms with Crippen molar-refractivity contribution in [2.24, 2.45) is 11.8 Å². The van der Waals surface area contributed by atoms with Crippen molar-refractivity contribution in [2.45, 2.75) is 91.8 Å². The molecule has 0 amide bonds. The lowest BCUT2D eigenvalue weighted by Gasteiger charge is -2.47. The van der Waals surface area contributed by atoms with Gasteiger partial charge in [-0.3, -0.25) is 4.90 Å². The van der Waals surface area contributed by atoms with Crippen LogP contribution in [0.4, 0.5) is 0 Å². The zero-order valence-corrected chi connectivity index (χ0v) is 14.8. The average molecular weight is 283 g/mol. The smallest absolute Gasteiger partial charge is 0.0247 e. The fourth-order valence-electron chi connectivity index (χ4n) is 3.46. The highest BCUT2D eigenvalue weighted by molar-refractivity contribution is 4.91. The second kappa shape index (κ2) is 9.04. The minimum absolute atomic E-state index is 0.684. The maximum atomic E-state index is 3.81. The molecule has 0 radical (unpaired) electrons. The second-order valence-electron chi connectivity index (χ2n) is 7.25. The highest BCUT2D eigenvalue weighted by Crippen LogP contribution is 2.24. The summed E-state index contributed by atoms with van der Waals surface area (Å²) in [4.78, 5) is 2.81. The van der Waals surface area contributed by atoms with Crippen LogP contribution in [0, 0.1) is 11.8 Å². The summed E-state index contributed by atoms with van der Waals surface area (Å²) in [6, 6.07) is 2.14. The Bertz CT molecular complexity index is 252. The third-order valence-corrected chi connectivity index (χ3v) is 5.31. The summed E-state index contributed by atoms with van der Waals surface area (Å²) in [5.41, 5.74) is 0. The summed E-state index contributed by atoms with van der Waals surface area (Å²) < 4.78 is 0. The van der Waals surface area contributed by atoms with E-state index >= 15 is 0 Å². The average Bonchev–Trinajstić information content (AvgIpc) is 2.45. The molecule has 0 aliphatic carbocycles. The van der Waals surface area contributed by atoms with Crippen molar-refractivity contribution in [1.29, 1.82) is 0 Å². The standard InChI is InChI=1S/C18H38N2/c1-7-9-10-11-16(6)20-13-17(15(5)8-2)19-12-18(20)14(3)4/h14-19H,7-13H2,1-6H3. The van der Waals surface area contributed by atoms with Crippen LogP contribution in [0.1, 0.15) is 73.6 Å². The number of unbranched alkanes of at least 4 members (excludes halogenated alkanes) is 2. The lowest BCUT2D eigenvalue weighted by molar-refractivity contribution is 0.0453. The highest BCUT2D eigenvalue weighted by atomic mass is 15.3. The minimum Gasteiger partial charge on any atom is -0.311 e. The molecule has 0 bridgehead atoms. The van der Waals surface area contributed by atoms with Gasteiger partial charge in [0.05, 0.1) is 0 Å². The molecule has 1 N–H and O–H groups in total. The second-order valence-corrected chi connectivity index (χ2v) is 7.25. The van der Waals surface area contributed by atoms with Crippen LogP contribution in [0.3, 0.4) is 0 Å². The molecular weight excluding hydrogens is 244 g/mol. The van der Waals surface area contributed by atoms with Crippen molar-refractivity contribution in [3.63, 3.8) is 0 Å². The molecule has 20 heavy (non-hydrogen) atoms. The SMILES string of the molecule is CCCCCC(C)N1CC(C(C)CC)NCC1C(C)C. The molecule has 120 valence electrons. The third kappa shape index (κ3) is 5.04. The van der Waals surface area contributed by atoms with Gasteiger partial charge in [0, 0.05) is 31.2 Å². The number of nitrogens with one attached hydrogen (secondary N) is 1. The molecule has 1 saturated heterocycles. The maximum Gasteiger partial charge on any atom is 0.0247 e. The molecule has 0 aromatic heterocycles. The van der Waals surface area contributed by atoms with E-state index in [2.05, 4.69) is 51.8 Å². The predicted octanol–water partition coefficient (Wildman–Crippen LogP) is 4.30. The molecule has 0 aromatic rings. The molecule has 1 aliphatic rings. The van der Waals surface area contributed by atoms with Crippen molar-refractivity contribution in [2.75, 3.05) is 13.1 Å². The number of piperazine rings is 1. The van der Waals surface area contributed by atoms with Crippen molar-refractivity contribution in [3.8, 4) is 0 Å². The van der Waals surface area contributed by atoms with Gasteiger partial charge in [-0.25, -0.2) is 0 Å². The maximum absolute atomic E-state index is 3.81. The first kappa shape index (κ1) is 18.0. The Labute approximate surface area is 127 Å². The van der Waals surface area contributed by atoms with Gasteiger partial charge in [-0.2, -0.15) is 0 Å². The summed E-state index contributed by atoms with van der Waals surface area (Å²) in [6.45, 7) is 16.6. The number of hydrogen-bond donors (Lipinski definition) is 1. The van der Waals surface area contributed by atoms with Crippen LogP contribution < -0.4 is 5.32 Å². The quantitative estimate of drug-likeness (QED) is 0.668. The zero-order valence-electron chi connectivity index (χ0n) is 14.8. The fourth-order valence-corrected chi connectivity index (χ4v) is 3.46. The van der Waals surface area contributed by atoms with E-state index in [0.29, 0.717) is 12.1 Å². The van der Waals surface area contributed by atoms with E-state index in [4.69, 9.17) is 0 Å². The normalized spacial score (nSPS) is 27.8. The lowest BCUT2D eigenvalue weighted by atomic mass is 9.90. The molecule has 4 atom stereocenters. The van der Waals surface area contributed by atoms with E-state index in [-0.39, 0.29) is 0 Å². The molecule has 1 rings (SSSR count). The summed E-state index contributed by atoms with van der Waals surface area (Å²) in [6.07, 6.45) is 6.75. The van der Waals surface area contributed by atoms with Crippen molar-refractivity contribution in [1.82, 2.24) is 10.2 Å². The van der Waals surface area contributed by atoms with Crippen LogP contribution in [0.2, 0.25) is 0 Å². The first-order chi connectivity index (χ1) is 9.51. The van der Waals surface area contributed by atoms with Gasteiger partial charge in [0.1, 0.15) is 0 Å². The molecular formula is C18H38N2. The Morgan fingerprint density at radius 1 is 1.10 bits per heavy atom. The van der Waals surface area contributed by atoms with E-state index in [1.54, 1.807) is 0 Å². The summed E-state index contributed by atoms with van der Waals surface area (Å²) in [5.74, 6) is 1.53. The van der Waals surface area contributed by atoms with Crippen LogP contribution in [0.15, 0.2) is 0 Å². The number of nitrogens with zero attached hydrogens (tertiary/aromatic N) is 1. The highest BCUT2D eigenvalue weighted by Gasteiger charge is 2.33. The van der Waals surface area contributed by atoms with Crippen LogP contribution in [0.25, 0.3) is 0 Å². The van der Waals surface area contributed by atoms with Gasteiger partial charge < -0.3 is 5.32 Å². The molecule has 1 heterocycles. The van der Waals surface area contributed by atoms with Gasteiger partial charge in [0.2, 0.25) is 0 Å². The van der Waals surface area contributed by atoms with Crippen molar-refractivity contribution < 1.29 is 0 Å². The monoisotopic (exact) mass is 282 g/mol. The van der Waals surface area contributed by atoms with Crippen molar-refractivity contribution in [3.05, 3.63) is 0 Å². The number of rotatable bonds is 8. The first-order valence-corrected chi connectivity index (χ1v) is 9.00. The number of hydrogen-bond acceptors (Lipinski definition) is 2. The van der Waals surface area contributed by atoms with Gasteiger partial charge in [-0.05, 0) is 25.2 Å². The van der Waals surface area contributed by atoms with Gasteiger partial charge in [-0.15, -0.1) is 0 Å². The van der Waals surface area contributed by atoms with Crippen LogP contribution in [-0.4, -0.2) is 36.1 Å². The summed E-state index contributed by atoms with van der Waals surface area (Å²) in [7, 11) is 0. The molecule has 0 aromatic carbocycles. The van der Waals surface area contributed by atoms with Gasteiger partial charge in [0.15, 0.2) is 0 Å². The van der Waals surface area contributed by atoms with E-state index in [1.165, 1.54) is 45.2 Å². The van der Waals surface area contributed by atoms with Crippen LogP contribution in [-0.2, 0) is 0 Å². The Morgan fingerprint density at radius 2 is 1.80 bits per heavy atom. The van der Waals surface area contributed by atoms with Gasteiger partial charge >= 0.3 is 0 Å². The van der Waals surface area contributed by atoms with Gasteiger partial charge in [-0.1, -0.05) is 60.3 Å². The fraction of sp³-hybridized carbons (Fsp3) is 1.00. The Kier molecular flexibility index (Phi) is 8.13. The molecule has 1 fully saturated rings. The predicted molar refractivity (Wildman–Crippen MR) is 90.2 cm³/mol. The van der Waals surface area contributed by atoms with Crippen molar-refractivity contribution >= 4 is 0 Å². The summed E-state index contributed by atoms with van der Waals surface area (Å²) >= 11 is 0. The Morgan fingerprint density at radius 3 is 2.35 bits per heavy atom. The molecule has 2 nitrogen and oxygen atoms in total. The Balaban J connectivity index is 2.62. The largest absolute Gasteiger partial charge is 0.311 e.